The number of nitrogens with zero attached hydrogens (tertiary/aromatic N) is 1. The van der Waals surface area contributed by atoms with Crippen molar-refractivity contribution in [3.63, 3.8) is 0 Å². The summed E-state index contributed by atoms with van der Waals surface area (Å²) in [5.74, 6) is 0.485. The third-order valence-electron chi connectivity index (χ3n) is 2.74. The van der Waals surface area contributed by atoms with E-state index in [1.807, 2.05) is 6.92 Å². The first-order valence-electron chi connectivity index (χ1n) is 6.30. The van der Waals surface area contributed by atoms with Crippen LogP contribution in [0.25, 0.3) is 0 Å². The number of aliphatic hydroxyl groups is 1. The van der Waals surface area contributed by atoms with E-state index in [0.29, 0.717) is 23.6 Å². The van der Waals surface area contributed by atoms with Gasteiger partial charge < -0.3 is 9.84 Å². The molecule has 6 nitrogen and oxygen atoms in total. The molecule has 114 valence electrons. The highest BCUT2D eigenvalue weighted by Crippen LogP contribution is 2.23. The van der Waals surface area contributed by atoms with Gasteiger partial charge in [0.25, 0.3) is 0 Å². The minimum absolute atomic E-state index is 0.0882. The van der Waals surface area contributed by atoms with E-state index in [0.717, 1.165) is 0 Å². The lowest BCUT2D eigenvalue weighted by Gasteiger charge is -2.11. The Morgan fingerprint density at radius 1 is 1.43 bits per heavy atom. The maximum atomic E-state index is 12.2. The van der Waals surface area contributed by atoms with Gasteiger partial charge in [-0.15, -0.1) is 11.3 Å². The van der Waals surface area contributed by atoms with E-state index in [1.54, 1.807) is 17.0 Å². The summed E-state index contributed by atoms with van der Waals surface area (Å²) in [4.78, 5) is 4.10. The highest BCUT2D eigenvalue weighted by Gasteiger charge is 2.16. The van der Waals surface area contributed by atoms with Crippen LogP contribution in [0.2, 0.25) is 0 Å². The lowest BCUT2D eigenvalue weighted by molar-refractivity contribution is 0.266. The topological polar surface area (TPSA) is 88.5 Å². The minimum atomic E-state index is -3.65. The quantitative estimate of drug-likeness (QED) is 0.804. The van der Waals surface area contributed by atoms with Crippen molar-refractivity contribution in [2.45, 2.75) is 25.0 Å². The molecule has 2 rings (SSSR count). The van der Waals surface area contributed by atoms with Crippen molar-refractivity contribution in [3.05, 3.63) is 40.3 Å². The van der Waals surface area contributed by atoms with Crippen LogP contribution in [-0.2, 0) is 23.2 Å². The van der Waals surface area contributed by atoms with Crippen LogP contribution in [0, 0.1) is 0 Å². The molecular formula is C13H16N2O4S2. The van der Waals surface area contributed by atoms with Gasteiger partial charge in [0, 0.05) is 10.9 Å². The highest BCUT2D eigenvalue weighted by atomic mass is 32.2. The smallest absolute Gasteiger partial charge is 0.240 e. The van der Waals surface area contributed by atoms with Crippen LogP contribution >= 0.6 is 11.3 Å². The summed E-state index contributed by atoms with van der Waals surface area (Å²) in [6, 6.07) is 4.41. The van der Waals surface area contributed by atoms with E-state index in [4.69, 9.17) is 4.74 Å². The molecule has 0 unspecified atom stereocenters. The summed E-state index contributed by atoms with van der Waals surface area (Å²) in [5.41, 5.74) is 2.75. The number of thiazole rings is 1. The molecule has 0 amide bonds. The van der Waals surface area contributed by atoms with E-state index in [1.165, 1.54) is 23.5 Å². The first-order chi connectivity index (χ1) is 10.1. The molecule has 0 spiro atoms. The molecule has 21 heavy (non-hydrogen) atoms. The van der Waals surface area contributed by atoms with Crippen LogP contribution in [0.15, 0.2) is 34.0 Å². The molecule has 0 atom stereocenters. The molecule has 0 radical (unpaired) electrons. The molecule has 0 saturated carbocycles. The third-order valence-corrected chi connectivity index (χ3v) is 4.77. The molecule has 0 fully saturated rings. The SMILES string of the molecule is CCOc1ccc(S(=O)(=O)NCc2cscn2)cc1CO. The zero-order valence-electron chi connectivity index (χ0n) is 11.4. The number of aromatic nitrogens is 1. The molecule has 1 aromatic heterocycles. The van der Waals surface area contributed by atoms with Crippen LogP contribution in [0.4, 0.5) is 0 Å². The van der Waals surface area contributed by atoms with E-state index in [9.17, 15) is 13.5 Å². The molecule has 0 bridgehead atoms. The highest BCUT2D eigenvalue weighted by molar-refractivity contribution is 7.89. The van der Waals surface area contributed by atoms with Crippen LogP contribution in [0.3, 0.4) is 0 Å². The van der Waals surface area contributed by atoms with Gasteiger partial charge in [0.1, 0.15) is 5.75 Å². The van der Waals surface area contributed by atoms with E-state index in [-0.39, 0.29) is 18.0 Å². The first-order valence-corrected chi connectivity index (χ1v) is 8.72. The van der Waals surface area contributed by atoms with Crippen molar-refractivity contribution in [2.24, 2.45) is 0 Å². The molecule has 0 saturated heterocycles. The fourth-order valence-corrected chi connectivity index (χ4v) is 3.33. The second kappa shape index (κ2) is 6.99. The van der Waals surface area contributed by atoms with Gasteiger partial charge in [-0.3, -0.25) is 0 Å². The average molecular weight is 328 g/mol. The molecule has 1 heterocycles. The Balaban J connectivity index is 2.19. The molecular weight excluding hydrogens is 312 g/mol. The van der Waals surface area contributed by atoms with Crippen LogP contribution in [-0.4, -0.2) is 25.1 Å². The Bertz CT molecular complexity index is 684. The maximum absolute atomic E-state index is 12.2. The number of hydrogen-bond acceptors (Lipinski definition) is 6. The first kappa shape index (κ1) is 15.9. The fourth-order valence-electron chi connectivity index (χ4n) is 1.72. The number of ether oxygens (including phenoxy) is 1. The van der Waals surface area contributed by atoms with Crippen LogP contribution < -0.4 is 9.46 Å². The van der Waals surface area contributed by atoms with E-state index < -0.39 is 10.0 Å². The molecule has 0 aliphatic heterocycles. The van der Waals surface area contributed by atoms with Crippen LogP contribution in [0.5, 0.6) is 5.75 Å². The molecule has 0 aliphatic carbocycles. The Hall–Kier alpha value is -1.48. The molecule has 1 aromatic carbocycles. The number of nitrogens with one attached hydrogen (secondary N) is 1. The summed E-state index contributed by atoms with van der Waals surface area (Å²) < 4.78 is 32.2. The number of sulfonamides is 1. The number of hydrogen-bond donors (Lipinski definition) is 2. The normalized spacial score (nSPS) is 11.5. The van der Waals surface area contributed by atoms with Gasteiger partial charge in [0.2, 0.25) is 10.0 Å². The molecule has 0 aliphatic rings. The molecule has 8 heteroatoms. The van der Waals surface area contributed by atoms with Crippen molar-refractivity contribution in [3.8, 4) is 5.75 Å². The summed E-state index contributed by atoms with van der Waals surface area (Å²) >= 11 is 1.40. The second-order valence-corrected chi connectivity index (χ2v) is 6.65. The van der Waals surface area contributed by atoms with Crippen molar-refractivity contribution in [1.82, 2.24) is 9.71 Å². The maximum Gasteiger partial charge on any atom is 0.240 e. The average Bonchev–Trinajstić information content (AvgIpc) is 2.99. The lowest BCUT2D eigenvalue weighted by Crippen LogP contribution is -2.23. The number of aliphatic hydroxyl groups excluding tert-OH is 1. The zero-order valence-corrected chi connectivity index (χ0v) is 13.1. The Labute approximate surface area is 127 Å². The van der Waals surface area contributed by atoms with E-state index >= 15 is 0 Å². The van der Waals surface area contributed by atoms with Crippen LogP contribution in [0.1, 0.15) is 18.2 Å². The lowest BCUT2D eigenvalue weighted by atomic mass is 10.2. The molecule has 2 N–H and O–H groups in total. The summed E-state index contributed by atoms with van der Waals surface area (Å²) in [5, 5.41) is 11.1. The summed E-state index contributed by atoms with van der Waals surface area (Å²) in [6.07, 6.45) is 0. The Morgan fingerprint density at radius 2 is 2.24 bits per heavy atom. The number of rotatable bonds is 7. The molecule has 2 aromatic rings. The monoisotopic (exact) mass is 328 g/mol. The van der Waals surface area contributed by atoms with E-state index in [2.05, 4.69) is 9.71 Å². The van der Waals surface area contributed by atoms with Crippen molar-refractivity contribution >= 4 is 21.4 Å². The predicted octanol–water partition coefficient (Wildman–Crippen LogP) is 1.51. The van der Waals surface area contributed by atoms with Gasteiger partial charge in [-0.2, -0.15) is 0 Å². The Kier molecular flexibility index (Phi) is 5.29. The summed E-state index contributed by atoms with van der Waals surface area (Å²) in [7, 11) is -3.65. The van der Waals surface area contributed by atoms with Gasteiger partial charge in [0.05, 0.1) is 35.9 Å². The van der Waals surface area contributed by atoms with Gasteiger partial charge in [0.15, 0.2) is 0 Å². The third kappa shape index (κ3) is 4.01. The van der Waals surface area contributed by atoms with Gasteiger partial charge >= 0.3 is 0 Å². The minimum Gasteiger partial charge on any atom is -0.494 e. The van der Waals surface area contributed by atoms with Gasteiger partial charge in [-0.1, -0.05) is 0 Å². The zero-order chi connectivity index (χ0) is 15.3. The van der Waals surface area contributed by atoms with Crippen molar-refractivity contribution < 1.29 is 18.3 Å². The van der Waals surface area contributed by atoms with Crippen molar-refractivity contribution in [1.29, 1.82) is 0 Å². The Morgan fingerprint density at radius 3 is 2.86 bits per heavy atom. The standard InChI is InChI=1S/C13H16N2O4S2/c1-2-19-13-4-3-12(5-10(13)7-16)21(17,18)15-6-11-8-20-9-14-11/h3-5,8-9,15-16H,2,6-7H2,1H3. The number of benzene rings is 1. The largest absolute Gasteiger partial charge is 0.494 e. The summed E-state index contributed by atoms with van der Waals surface area (Å²) in [6.45, 7) is 2.11. The predicted molar refractivity (Wildman–Crippen MR) is 79.7 cm³/mol. The van der Waals surface area contributed by atoms with Crippen molar-refractivity contribution in [2.75, 3.05) is 6.61 Å². The van der Waals surface area contributed by atoms with Gasteiger partial charge in [-0.25, -0.2) is 18.1 Å². The van der Waals surface area contributed by atoms with Gasteiger partial charge in [-0.05, 0) is 25.1 Å². The fraction of sp³-hybridized carbons (Fsp3) is 0.308. The second-order valence-electron chi connectivity index (χ2n) is 4.16.